The minimum Gasteiger partial charge on any atom is -0.421 e. The lowest BCUT2D eigenvalue weighted by molar-refractivity contribution is 0.491. The molecule has 1 aliphatic rings. The molecule has 20 heavy (non-hydrogen) atoms. The standard InChI is InChI=1S/C15H18ClN3O/c1-10-4-7-12(13(16)9-10)15-19-18-14(20-15)3-2-8-17-11-5-6-11/h4,7,9,11,17H,2-3,5-6,8H2,1H3. The molecule has 3 rings (SSSR count). The first-order valence-electron chi connectivity index (χ1n) is 7.04. The first-order chi connectivity index (χ1) is 9.72. The lowest BCUT2D eigenvalue weighted by atomic mass is 10.1. The first kappa shape index (κ1) is 13.6. The van der Waals surface area contributed by atoms with E-state index in [9.17, 15) is 0 Å². The van der Waals surface area contributed by atoms with Crippen molar-refractivity contribution in [3.63, 3.8) is 0 Å². The number of halogens is 1. The van der Waals surface area contributed by atoms with E-state index in [-0.39, 0.29) is 0 Å². The van der Waals surface area contributed by atoms with Gasteiger partial charge in [-0.25, -0.2) is 0 Å². The average molecular weight is 292 g/mol. The first-order valence-corrected chi connectivity index (χ1v) is 7.42. The predicted octanol–water partition coefficient (Wildman–Crippen LogP) is 3.38. The van der Waals surface area contributed by atoms with Crippen molar-refractivity contribution in [1.82, 2.24) is 15.5 Å². The van der Waals surface area contributed by atoms with E-state index < -0.39 is 0 Å². The molecule has 106 valence electrons. The fraction of sp³-hybridized carbons (Fsp3) is 0.467. The molecule has 1 heterocycles. The van der Waals surface area contributed by atoms with Gasteiger partial charge in [-0.3, -0.25) is 0 Å². The molecule has 0 bridgehead atoms. The summed E-state index contributed by atoms with van der Waals surface area (Å²) in [6, 6.07) is 6.56. The van der Waals surface area contributed by atoms with Crippen molar-refractivity contribution in [3.05, 3.63) is 34.7 Å². The quantitative estimate of drug-likeness (QED) is 0.829. The normalized spacial score (nSPS) is 14.7. The fourth-order valence-corrected chi connectivity index (χ4v) is 2.41. The van der Waals surface area contributed by atoms with Gasteiger partial charge in [0, 0.05) is 12.5 Å². The Morgan fingerprint density at radius 3 is 2.95 bits per heavy atom. The van der Waals surface area contributed by atoms with Crippen molar-refractivity contribution >= 4 is 11.6 Å². The predicted molar refractivity (Wildman–Crippen MR) is 78.8 cm³/mol. The Labute approximate surface area is 123 Å². The van der Waals surface area contributed by atoms with Gasteiger partial charge in [0.15, 0.2) is 0 Å². The maximum Gasteiger partial charge on any atom is 0.249 e. The zero-order valence-corrected chi connectivity index (χ0v) is 12.3. The van der Waals surface area contributed by atoms with E-state index in [0.717, 1.165) is 36.6 Å². The SMILES string of the molecule is Cc1ccc(-c2nnc(CCCNC3CC3)o2)c(Cl)c1. The van der Waals surface area contributed by atoms with E-state index in [2.05, 4.69) is 15.5 Å². The highest BCUT2D eigenvalue weighted by atomic mass is 35.5. The van der Waals surface area contributed by atoms with Gasteiger partial charge in [0.05, 0.1) is 10.6 Å². The van der Waals surface area contributed by atoms with E-state index in [1.54, 1.807) is 0 Å². The summed E-state index contributed by atoms with van der Waals surface area (Å²) < 4.78 is 5.68. The Balaban J connectivity index is 1.60. The third-order valence-electron chi connectivity index (χ3n) is 3.40. The molecule has 1 aromatic carbocycles. The summed E-state index contributed by atoms with van der Waals surface area (Å²) in [5, 5.41) is 12.3. The van der Waals surface area contributed by atoms with Crippen LogP contribution in [-0.4, -0.2) is 22.8 Å². The van der Waals surface area contributed by atoms with Crippen molar-refractivity contribution < 1.29 is 4.42 Å². The van der Waals surface area contributed by atoms with Crippen LogP contribution in [0.25, 0.3) is 11.5 Å². The summed E-state index contributed by atoms with van der Waals surface area (Å²) in [5.74, 6) is 1.18. The lowest BCUT2D eigenvalue weighted by Gasteiger charge is -2.00. The second-order valence-electron chi connectivity index (χ2n) is 5.32. The summed E-state index contributed by atoms with van der Waals surface area (Å²) in [5.41, 5.74) is 1.91. The minimum absolute atomic E-state index is 0.500. The summed E-state index contributed by atoms with van der Waals surface area (Å²) >= 11 is 6.20. The fourth-order valence-electron chi connectivity index (χ4n) is 2.09. The van der Waals surface area contributed by atoms with Crippen LogP contribution in [0.4, 0.5) is 0 Å². The van der Waals surface area contributed by atoms with Crippen LogP contribution < -0.4 is 5.32 Å². The van der Waals surface area contributed by atoms with Crippen LogP contribution in [0.2, 0.25) is 5.02 Å². The Hall–Kier alpha value is -1.39. The third-order valence-corrected chi connectivity index (χ3v) is 3.71. The highest BCUT2D eigenvalue weighted by Gasteiger charge is 2.19. The molecule has 2 aromatic rings. The van der Waals surface area contributed by atoms with E-state index >= 15 is 0 Å². The Morgan fingerprint density at radius 1 is 1.35 bits per heavy atom. The Morgan fingerprint density at radius 2 is 2.20 bits per heavy atom. The maximum absolute atomic E-state index is 6.20. The number of aryl methyl sites for hydroxylation is 2. The number of aromatic nitrogens is 2. The summed E-state index contributed by atoms with van der Waals surface area (Å²) in [7, 11) is 0. The van der Waals surface area contributed by atoms with Crippen LogP contribution in [0, 0.1) is 6.92 Å². The smallest absolute Gasteiger partial charge is 0.249 e. The van der Waals surface area contributed by atoms with Crippen LogP contribution in [0.3, 0.4) is 0 Å². The van der Waals surface area contributed by atoms with Crippen LogP contribution >= 0.6 is 11.6 Å². The van der Waals surface area contributed by atoms with Gasteiger partial charge in [-0.05, 0) is 50.4 Å². The Kier molecular flexibility index (Phi) is 4.03. The molecule has 4 nitrogen and oxygen atoms in total. The van der Waals surface area contributed by atoms with Gasteiger partial charge in [-0.2, -0.15) is 0 Å². The van der Waals surface area contributed by atoms with E-state index in [4.69, 9.17) is 16.0 Å². The zero-order valence-electron chi connectivity index (χ0n) is 11.5. The molecule has 1 aromatic heterocycles. The Bertz CT molecular complexity index is 593. The lowest BCUT2D eigenvalue weighted by Crippen LogP contribution is -2.17. The number of nitrogens with zero attached hydrogens (tertiary/aromatic N) is 2. The molecule has 0 radical (unpaired) electrons. The van der Waals surface area contributed by atoms with Gasteiger partial charge in [-0.1, -0.05) is 17.7 Å². The van der Waals surface area contributed by atoms with Crippen molar-refractivity contribution in [3.8, 4) is 11.5 Å². The van der Waals surface area contributed by atoms with Gasteiger partial charge in [0.25, 0.3) is 0 Å². The summed E-state index contributed by atoms with van der Waals surface area (Å²) in [6.45, 7) is 3.01. The molecular formula is C15H18ClN3O. The largest absolute Gasteiger partial charge is 0.421 e. The van der Waals surface area contributed by atoms with Crippen LogP contribution in [-0.2, 0) is 6.42 Å². The van der Waals surface area contributed by atoms with Crippen LogP contribution in [0.1, 0.15) is 30.7 Å². The second-order valence-corrected chi connectivity index (χ2v) is 5.72. The van der Waals surface area contributed by atoms with E-state index in [0.29, 0.717) is 16.8 Å². The second kappa shape index (κ2) is 5.94. The van der Waals surface area contributed by atoms with Gasteiger partial charge < -0.3 is 9.73 Å². The molecule has 0 saturated heterocycles. The summed E-state index contributed by atoms with van der Waals surface area (Å²) in [6.07, 6.45) is 4.45. The van der Waals surface area contributed by atoms with Crippen molar-refractivity contribution in [1.29, 1.82) is 0 Å². The van der Waals surface area contributed by atoms with Crippen molar-refractivity contribution in [2.75, 3.05) is 6.54 Å². The zero-order chi connectivity index (χ0) is 13.9. The van der Waals surface area contributed by atoms with Gasteiger partial charge >= 0.3 is 0 Å². The van der Waals surface area contributed by atoms with E-state index in [1.807, 2.05) is 25.1 Å². The maximum atomic E-state index is 6.20. The molecule has 0 unspecified atom stereocenters. The molecule has 1 fully saturated rings. The van der Waals surface area contributed by atoms with Gasteiger partial charge in [0.2, 0.25) is 11.8 Å². The third kappa shape index (κ3) is 3.38. The number of nitrogens with one attached hydrogen (secondary N) is 1. The van der Waals surface area contributed by atoms with Gasteiger partial charge in [0.1, 0.15) is 0 Å². The molecule has 0 aliphatic heterocycles. The molecule has 0 atom stereocenters. The number of hydrogen-bond acceptors (Lipinski definition) is 4. The van der Waals surface area contributed by atoms with Gasteiger partial charge in [-0.15, -0.1) is 10.2 Å². The molecular weight excluding hydrogens is 274 g/mol. The highest BCUT2D eigenvalue weighted by Crippen LogP contribution is 2.27. The number of rotatable bonds is 6. The highest BCUT2D eigenvalue weighted by molar-refractivity contribution is 6.33. The topological polar surface area (TPSA) is 51.0 Å². The van der Waals surface area contributed by atoms with Crippen molar-refractivity contribution in [2.24, 2.45) is 0 Å². The monoisotopic (exact) mass is 291 g/mol. The van der Waals surface area contributed by atoms with Crippen LogP contribution in [0.15, 0.2) is 22.6 Å². The molecule has 5 heteroatoms. The molecule has 0 spiro atoms. The average Bonchev–Trinajstić information content (AvgIpc) is 3.13. The molecule has 1 saturated carbocycles. The minimum atomic E-state index is 0.500. The number of hydrogen-bond donors (Lipinski definition) is 1. The number of benzene rings is 1. The molecule has 1 N–H and O–H groups in total. The molecule has 1 aliphatic carbocycles. The molecule has 0 amide bonds. The summed E-state index contributed by atoms with van der Waals surface area (Å²) in [4.78, 5) is 0. The van der Waals surface area contributed by atoms with Crippen LogP contribution in [0.5, 0.6) is 0 Å². The van der Waals surface area contributed by atoms with Crippen molar-refractivity contribution in [2.45, 2.75) is 38.6 Å². The van der Waals surface area contributed by atoms with E-state index in [1.165, 1.54) is 12.8 Å².